The first-order chi connectivity index (χ1) is 13.0. The lowest BCUT2D eigenvalue weighted by molar-refractivity contribution is 0.186. The lowest BCUT2D eigenvalue weighted by Gasteiger charge is -2.30. The van der Waals surface area contributed by atoms with Gasteiger partial charge in [-0.3, -0.25) is 0 Å². The second-order valence-electron chi connectivity index (χ2n) is 14.7. The maximum atomic E-state index is 2.41. The van der Waals surface area contributed by atoms with Crippen LogP contribution in [0.2, 0.25) is 0 Å². The molecule has 2 aliphatic rings. The zero-order valence-corrected chi connectivity index (χ0v) is 23.7. The molecule has 0 nitrogen and oxygen atoms in total. The predicted octanol–water partition coefficient (Wildman–Crippen LogP) is 10.3. The molecule has 0 aromatic heterocycles. The molecule has 0 saturated heterocycles. The molecule has 3 rings (SSSR count). The molecule has 30 heavy (non-hydrogen) atoms. The molecule has 1 unspecified atom stereocenters. The van der Waals surface area contributed by atoms with Gasteiger partial charge in [0.25, 0.3) is 0 Å². The summed E-state index contributed by atoms with van der Waals surface area (Å²) < 4.78 is 0. The van der Waals surface area contributed by atoms with Crippen LogP contribution >= 0.6 is 0 Å². The maximum Gasteiger partial charge on any atom is -0.0220 e. The van der Waals surface area contributed by atoms with E-state index in [-0.39, 0.29) is 0 Å². The molecule has 0 amide bonds. The Morgan fingerprint density at radius 2 is 0.800 bits per heavy atom. The molecular weight excluding hydrogens is 360 g/mol. The molecule has 1 aromatic carbocycles. The standard InChI is InChI=1S/C10H20.C8H10.C7H14.C5H12/c1-8(2,3)10(6)7-9(10,4)5;1-7-5-3-4-6-8(7)2;1-6(2)5-7(6,3)4;1-5(2,3)4/h7H2,1-6H3;3-6H,1-2H3;5H2,1-4H3;1-4H3. The average molecular weight is 417 g/mol. The van der Waals surface area contributed by atoms with Gasteiger partial charge in [-0.1, -0.05) is 121 Å². The summed E-state index contributed by atoms with van der Waals surface area (Å²) in [7, 11) is 0. The van der Waals surface area contributed by atoms with Gasteiger partial charge in [0.05, 0.1) is 0 Å². The Kier molecular flexibility index (Phi) is 9.13. The summed E-state index contributed by atoms with van der Waals surface area (Å²) in [5.74, 6) is 0. The Bertz CT molecular complexity index is 619. The Hall–Kier alpha value is -0.780. The highest BCUT2D eigenvalue weighted by molar-refractivity contribution is 5.23. The van der Waals surface area contributed by atoms with E-state index in [0.29, 0.717) is 32.5 Å². The molecule has 2 fully saturated rings. The van der Waals surface area contributed by atoms with Crippen LogP contribution in [0.5, 0.6) is 0 Å². The minimum Gasteiger partial charge on any atom is -0.0620 e. The topological polar surface area (TPSA) is 0 Å². The second kappa shape index (κ2) is 9.38. The van der Waals surface area contributed by atoms with Gasteiger partial charge in [-0.2, -0.15) is 0 Å². The van der Waals surface area contributed by atoms with Crippen molar-refractivity contribution in [3.63, 3.8) is 0 Å². The van der Waals surface area contributed by atoms with Gasteiger partial charge in [0, 0.05) is 0 Å². The summed E-state index contributed by atoms with van der Waals surface area (Å²) in [5.41, 5.74) is 6.18. The van der Waals surface area contributed by atoms with E-state index in [2.05, 4.69) is 135 Å². The molecule has 1 aromatic rings. The van der Waals surface area contributed by atoms with Crippen LogP contribution in [-0.2, 0) is 0 Å². The van der Waals surface area contributed by atoms with Crippen molar-refractivity contribution in [1.29, 1.82) is 0 Å². The highest BCUT2D eigenvalue weighted by atomic mass is 14.7. The average Bonchev–Trinajstić information content (AvgIpc) is 3.18. The fourth-order valence-electron chi connectivity index (χ4n) is 3.84. The van der Waals surface area contributed by atoms with Crippen LogP contribution in [-0.4, -0.2) is 0 Å². The molecule has 0 aliphatic heterocycles. The monoisotopic (exact) mass is 416 g/mol. The van der Waals surface area contributed by atoms with Crippen LogP contribution in [0.4, 0.5) is 0 Å². The van der Waals surface area contributed by atoms with E-state index < -0.39 is 0 Å². The largest absolute Gasteiger partial charge is 0.0620 e. The lowest BCUT2D eigenvalue weighted by Crippen LogP contribution is -2.23. The first-order valence-corrected chi connectivity index (χ1v) is 12.0. The van der Waals surface area contributed by atoms with Gasteiger partial charge < -0.3 is 0 Å². The fraction of sp³-hybridized carbons (Fsp3) is 0.800. The highest BCUT2D eigenvalue weighted by Crippen LogP contribution is 2.71. The number of hydrogen-bond donors (Lipinski definition) is 0. The van der Waals surface area contributed by atoms with E-state index in [1.807, 2.05) is 0 Å². The van der Waals surface area contributed by atoms with Crippen LogP contribution in [0.3, 0.4) is 0 Å². The quantitative estimate of drug-likeness (QED) is 0.394. The molecule has 0 radical (unpaired) electrons. The summed E-state index contributed by atoms with van der Waals surface area (Å²) >= 11 is 0. The van der Waals surface area contributed by atoms with E-state index in [4.69, 9.17) is 0 Å². The van der Waals surface area contributed by atoms with Crippen molar-refractivity contribution in [2.24, 2.45) is 32.5 Å². The van der Waals surface area contributed by atoms with Crippen LogP contribution in [0.1, 0.15) is 121 Å². The zero-order chi connectivity index (χ0) is 24.4. The van der Waals surface area contributed by atoms with E-state index in [1.54, 1.807) is 0 Å². The van der Waals surface area contributed by atoms with Gasteiger partial charge in [0.2, 0.25) is 0 Å². The highest BCUT2D eigenvalue weighted by Gasteiger charge is 2.62. The fourth-order valence-corrected chi connectivity index (χ4v) is 3.84. The van der Waals surface area contributed by atoms with Gasteiger partial charge in [0.1, 0.15) is 0 Å². The molecule has 2 saturated carbocycles. The third kappa shape index (κ3) is 9.15. The molecule has 0 spiro atoms. The Labute approximate surface area is 191 Å². The van der Waals surface area contributed by atoms with Crippen molar-refractivity contribution in [2.45, 2.75) is 124 Å². The van der Waals surface area contributed by atoms with Crippen LogP contribution < -0.4 is 0 Å². The SMILES string of the molecule is CC(C)(C)C.CC(C)(C)C1(C)CC1(C)C.CC1(C)CC1(C)C.Cc1ccccc1C. The third-order valence-corrected chi connectivity index (χ3v) is 7.84. The van der Waals surface area contributed by atoms with Crippen molar-refractivity contribution in [1.82, 2.24) is 0 Å². The molecule has 0 heterocycles. The van der Waals surface area contributed by atoms with Crippen LogP contribution in [0.25, 0.3) is 0 Å². The lowest BCUT2D eigenvalue weighted by atomic mass is 9.74. The third-order valence-electron chi connectivity index (χ3n) is 7.84. The van der Waals surface area contributed by atoms with Gasteiger partial charge in [0.15, 0.2) is 0 Å². The molecule has 0 heteroatoms. The number of rotatable bonds is 0. The van der Waals surface area contributed by atoms with E-state index in [1.165, 1.54) is 24.0 Å². The minimum atomic E-state index is 0.483. The van der Waals surface area contributed by atoms with Crippen LogP contribution in [0, 0.1) is 46.3 Å². The van der Waals surface area contributed by atoms with E-state index in [0.717, 1.165) is 0 Å². The summed E-state index contributed by atoms with van der Waals surface area (Å²) in [6.07, 6.45) is 2.80. The predicted molar refractivity (Wildman–Crippen MR) is 139 cm³/mol. The van der Waals surface area contributed by atoms with Crippen molar-refractivity contribution in [3.05, 3.63) is 35.4 Å². The Morgan fingerprint density at radius 3 is 0.867 bits per heavy atom. The summed E-state index contributed by atoms with van der Waals surface area (Å²) in [5, 5.41) is 0. The molecular formula is C30H56. The summed E-state index contributed by atoms with van der Waals surface area (Å²) in [4.78, 5) is 0. The number of benzene rings is 1. The van der Waals surface area contributed by atoms with Crippen molar-refractivity contribution in [3.8, 4) is 0 Å². The Morgan fingerprint density at radius 1 is 0.567 bits per heavy atom. The van der Waals surface area contributed by atoms with Gasteiger partial charge >= 0.3 is 0 Å². The van der Waals surface area contributed by atoms with Crippen molar-refractivity contribution >= 4 is 0 Å². The smallest absolute Gasteiger partial charge is 0.0220 e. The normalized spacial score (nSPS) is 24.7. The van der Waals surface area contributed by atoms with Crippen LogP contribution in [0.15, 0.2) is 24.3 Å². The molecule has 176 valence electrons. The number of aryl methyl sites for hydroxylation is 2. The van der Waals surface area contributed by atoms with E-state index in [9.17, 15) is 0 Å². The van der Waals surface area contributed by atoms with E-state index >= 15 is 0 Å². The zero-order valence-electron chi connectivity index (χ0n) is 23.7. The van der Waals surface area contributed by atoms with Crippen molar-refractivity contribution in [2.75, 3.05) is 0 Å². The molecule has 1 atom stereocenters. The van der Waals surface area contributed by atoms with Gasteiger partial charge in [-0.25, -0.2) is 0 Å². The molecule has 0 bridgehead atoms. The number of hydrogen-bond acceptors (Lipinski definition) is 0. The van der Waals surface area contributed by atoms with Gasteiger partial charge in [-0.15, -0.1) is 0 Å². The summed E-state index contributed by atoms with van der Waals surface area (Å²) in [6, 6.07) is 8.36. The van der Waals surface area contributed by atoms with Gasteiger partial charge in [-0.05, 0) is 70.3 Å². The molecule has 2 aliphatic carbocycles. The van der Waals surface area contributed by atoms with Crippen molar-refractivity contribution < 1.29 is 0 Å². The first-order valence-electron chi connectivity index (χ1n) is 12.0. The maximum absolute atomic E-state index is 2.41. The Balaban J connectivity index is 0.000000385. The minimum absolute atomic E-state index is 0.483. The summed E-state index contributed by atoms with van der Waals surface area (Å²) in [6.45, 7) is 36.5. The first kappa shape index (κ1) is 29.2. The second-order valence-corrected chi connectivity index (χ2v) is 14.7. The molecule has 0 N–H and O–H groups in total.